The van der Waals surface area contributed by atoms with Gasteiger partial charge in [-0.25, -0.2) is 4.98 Å². The summed E-state index contributed by atoms with van der Waals surface area (Å²) >= 11 is 0. The molecule has 0 saturated carbocycles. The first kappa shape index (κ1) is 16.8. The Labute approximate surface area is 155 Å². The number of ether oxygens (including phenoxy) is 1. The number of amides is 1. The summed E-state index contributed by atoms with van der Waals surface area (Å²) in [6.07, 6.45) is 1.67. The van der Waals surface area contributed by atoms with Crippen LogP contribution in [-0.4, -0.2) is 23.0 Å². The average molecular weight is 359 g/mol. The van der Waals surface area contributed by atoms with Crippen molar-refractivity contribution in [2.75, 3.05) is 12.4 Å². The third kappa shape index (κ3) is 3.25. The molecule has 0 saturated heterocycles. The van der Waals surface area contributed by atoms with Crippen LogP contribution in [0.15, 0.2) is 65.2 Å². The Morgan fingerprint density at radius 3 is 2.78 bits per heavy atom. The number of carbonyl (C=O) groups excluding carboxylic acids is 1. The van der Waals surface area contributed by atoms with Gasteiger partial charge in [0.05, 0.1) is 12.7 Å². The summed E-state index contributed by atoms with van der Waals surface area (Å²) in [5, 5.41) is 2.94. The molecule has 2 aromatic carbocycles. The third-order valence-corrected chi connectivity index (χ3v) is 4.25. The normalized spacial score (nSPS) is 10.7. The second kappa shape index (κ2) is 6.92. The third-order valence-electron chi connectivity index (χ3n) is 4.25. The molecular formula is C21H17N3O3. The maximum atomic E-state index is 12.7. The van der Waals surface area contributed by atoms with E-state index < -0.39 is 0 Å². The largest absolute Gasteiger partial charge is 0.496 e. The molecule has 27 heavy (non-hydrogen) atoms. The number of aryl methyl sites for hydroxylation is 1. The fraction of sp³-hybridized carbons (Fsp3) is 0.0952. The van der Waals surface area contributed by atoms with Crippen molar-refractivity contribution < 1.29 is 13.9 Å². The molecule has 0 atom stereocenters. The van der Waals surface area contributed by atoms with E-state index in [9.17, 15) is 4.79 Å². The van der Waals surface area contributed by atoms with E-state index in [1.54, 1.807) is 37.6 Å². The zero-order valence-corrected chi connectivity index (χ0v) is 14.9. The van der Waals surface area contributed by atoms with Crippen LogP contribution in [0.2, 0.25) is 0 Å². The van der Waals surface area contributed by atoms with Gasteiger partial charge in [0.2, 0.25) is 5.89 Å². The lowest BCUT2D eigenvalue weighted by Crippen LogP contribution is -2.14. The number of pyridine rings is 1. The molecule has 1 amide bonds. The van der Waals surface area contributed by atoms with Crippen LogP contribution in [0.25, 0.3) is 22.7 Å². The summed E-state index contributed by atoms with van der Waals surface area (Å²) in [7, 11) is 1.54. The van der Waals surface area contributed by atoms with Crippen molar-refractivity contribution in [3.63, 3.8) is 0 Å². The van der Waals surface area contributed by atoms with E-state index in [1.165, 1.54) is 0 Å². The molecule has 0 radical (unpaired) electrons. The first-order valence-corrected chi connectivity index (χ1v) is 8.42. The zero-order valence-electron chi connectivity index (χ0n) is 14.9. The molecular weight excluding hydrogens is 342 g/mol. The monoisotopic (exact) mass is 359 g/mol. The van der Waals surface area contributed by atoms with E-state index in [4.69, 9.17) is 9.15 Å². The molecule has 0 unspecified atom stereocenters. The number of nitrogens with zero attached hydrogens (tertiary/aromatic N) is 2. The van der Waals surface area contributed by atoms with E-state index >= 15 is 0 Å². The molecule has 4 rings (SSSR count). The molecule has 0 bridgehead atoms. The molecule has 0 aliphatic rings. The highest BCUT2D eigenvalue weighted by molar-refractivity contribution is 6.06. The Bertz CT molecular complexity index is 1100. The maximum Gasteiger partial charge on any atom is 0.259 e. The number of benzene rings is 2. The van der Waals surface area contributed by atoms with Crippen molar-refractivity contribution in [3.8, 4) is 17.2 Å². The Kier molecular flexibility index (Phi) is 4.30. The van der Waals surface area contributed by atoms with Gasteiger partial charge in [0.1, 0.15) is 5.75 Å². The van der Waals surface area contributed by atoms with Gasteiger partial charge in [0.15, 0.2) is 11.2 Å². The number of hydrogen-bond acceptors (Lipinski definition) is 5. The molecule has 0 spiro atoms. The number of aromatic nitrogens is 2. The summed E-state index contributed by atoms with van der Waals surface area (Å²) in [6, 6.07) is 16.4. The van der Waals surface area contributed by atoms with Gasteiger partial charge in [0, 0.05) is 17.4 Å². The predicted octanol–water partition coefficient (Wildman–Crippen LogP) is 4.46. The summed E-state index contributed by atoms with van der Waals surface area (Å²) in [5.41, 5.74) is 4.00. The zero-order chi connectivity index (χ0) is 18.8. The number of hydrogen-bond donors (Lipinski definition) is 1. The first-order chi connectivity index (χ1) is 13.2. The first-order valence-electron chi connectivity index (χ1n) is 8.42. The Morgan fingerprint density at radius 1 is 1.11 bits per heavy atom. The quantitative estimate of drug-likeness (QED) is 0.582. The second-order valence-corrected chi connectivity index (χ2v) is 6.03. The molecule has 0 fully saturated rings. The van der Waals surface area contributed by atoms with E-state index in [-0.39, 0.29) is 5.91 Å². The highest BCUT2D eigenvalue weighted by Crippen LogP contribution is 2.28. The van der Waals surface area contributed by atoms with Crippen molar-refractivity contribution >= 4 is 22.8 Å². The van der Waals surface area contributed by atoms with E-state index in [1.807, 2.05) is 37.3 Å². The van der Waals surface area contributed by atoms with E-state index in [2.05, 4.69) is 15.3 Å². The molecule has 6 heteroatoms. The summed E-state index contributed by atoms with van der Waals surface area (Å²) in [6.45, 7) is 1.93. The van der Waals surface area contributed by atoms with Crippen molar-refractivity contribution in [3.05, 3.63) is 71.9 Å². The van der Waals surface area contributed by atoms with Crippen LogP contribution in [0.3, 0.4) is 0 Å². The molecule has 1 N–H and O–H groups in total. The van der Waals surface area contributed by atoms with E-state index in [0.717, 1.165) is 11.1 Å². The molecule has 134 valence electrons. The van der Waals surface area contributed by atoms with Crippen molar-refractivity contribution in [1.82, 2.24) is 9.97 Å². The van der Waals surface area contributed by atoms with Gasteiger partial charge >= 0.3 is 0 Å². The molecule has 0 aliphatic carbocycles. The molecule has 6 nitrogen and oxygen atoms in total. The van der Waals surface area contributed by atoms with E-state index in [0.29, 0.717) is 34.1 Å². The van der Waals surface area contributed by atoms with Crippen LogP contribution in [0, 0.1) is 6.92 Å². The minimum absolute atomic E-state index is 0.244. The average Bonchev–Trinajstić information content (AvgIpc) is 3.13. The van der Waals surface area contributed by atoms with Gasteiger partial charge in [-0.2, -0.15) is 4.98 Å². The van der Waals surface area contributed by atoms with Gasteiger partial charge in [-0.15, -0.1) is 0 Å². The number of para-hydroxylation sites is 1. The number of fused-ring (bicyclic) bond motifs is 1. The van der Waals surface area contributed by atoms with Crippen LogP contribution >= 0.6 is 0 Å². The lowest BCUT2D eigenvalue weighted by atomic mass is 10.1. The molecule has 4 aromatic rings. The fourth-order valence-corrected chi connectivity index (χ4v) is 2.80. The number of nitrogens with one attached hydrogen (secondary N) is 1. The minimum atomic E-state index is -0.244. The highest BCUT2D eigenvalue weighted by atomic mass is 16.5. The summed E-state index contributed by atoms with van der Waals surface area (Å²) in [4.78, 5) is 21.3. The van der Waals surface area contributed by atoms with Crippen LogP contribution in [-0.2, 0) is 0 Å². The SMILES string of the molecule is COc1ccccc1C(=O)Nc1cc(-c2nc3ncccc3o2)ccc1C. The van der Waals surface area contributed by atoms with Crippen molar-refractivity contribution in [2.45, 2.75) is 6.92 Å². The Morgan fingerprint density at radius 2 is 1.96 bits per heavy atom. The fourth-order valence-electron chi connectivity index (χ4n) is 2.80. The number of methoxy groups -OCH3 is 1. The number of anilines is 1. The summed E-state index contributed by atoms with van der Waals surface area (Å²) < 4.78 is 11.0. The minimum Gasteiger partial charge on any atom is -0.496 e. The van der Waals surface area contributed by atoms with Crippen molar-refractivity contribution in [1.29, 1.82) is 0 Å². The lowest BCUT2D eigenvalue weighted by Gasteiger charge is -2.11. The number of oxazole rings is 1. The standard InChI is InChI=1S/C21H17N3O3/c1-13-9-10-14(21-24-19-18(27-21)8-5-11-22-19)12-16(13)23-20(25)15-6-3-4-7-17(15)26-2/h3-12H,1-2H3,(H,23,25). The van der Waals surface area contributed by atoms with Crippen LogP contribution in [0.4, 0.5) is 5.69 Å². The smallest absolute Gasteiger partial charge is 0.259 e. The molecule has 2 aromatic heterocycles. The van der Waals surface area contributed by atoms with Gasteiger partial charge in [0.25, 0.3) is 5.91 Å². The lowest BCUT2D eigenvalue weighted by molar-refractivity contribution is 0.102. The van der Waals surface area contributed by atoms with Gasteiger partial charge < -0.3 is 14.5 Å². The number of carbonyl (C=O) groups is 1. The maximum absolute atomic E-state index is 12.7. The summed E-state index contributed by atoms with van der Waals surface area (Å²) in [5.74, 6) is 0.734. The van der Waals surface area contributed by atoms with Gasteiger partial charge in [-0.3, -0.25) is 4.79 Å². The number of rotatable bonds is 4. The second-order valence-electron chi connectivity index (χ2n) is 6.03. The van der Waals surface area contributed by atoms with Crippen LogP contribution in [0.1, 0.15) is 15.9 Å². The predicted molar refractivity (Wildman–Crippen MR) is 103 cm³/mol. The Balaban J connectivity index is 1.67. The molecule has 0 aliphatic heterocycles. The molecule has 2 heterocycles. The van der Waals surface area contributed by atoms with Crippen molar-refractivity contribution in [2.24, 2.45) is 0 Å². The highest BCUT2D eigenvalue weighted by Gasteiger charge is 2.15. The van der Waals surface area contributed by atoms with Crippen LogP contribution in [0.5, 0.6) is 5.75 Å². The topological polar surface area (TPSA) is 77.2 Å². The van der Waals surface area contributed by atoms with Crippen LogP contribution < -0.4 is 10.1 Å². The van der Waals surface area contributed by atoms with Gasteiger partial charge in [-0.05, 0) is 48.9 Å². The Hall–Kier alpha value is -3.67. The van der Waals surface area contributed by atoms with Gasteiger partial charge in [-0.1, -0.05) is 18.2 Å².